The summed E-state index contributed by atoms with van der Waals surface area (Å²) in [6.45, 7) is 2.23. The summed E-state index contributed by atoms with van der Waals surface area (Å²) in [5.41, 5.74) is 2.63. The smallest absolute Gasteiger partial charge is 0.195 e. The van der Waals surface area contributed by atoms with Crippen LogP contribution in [0.5, 0.6) is 5.75 Å². The van der Waals surface area contributed by atoms with Gasteiger partial charge in [0.2, 0.25) is 0 Å². The minimum absolute atomic E-state index is 0.0653. The largest absolute Gasteiger partial charge is 0.733 e. The van der Waals surface area contributed by atoms with Gasteiger partial charge in [0.1, 0.15) is 5.75 Å². The number of hydrogen-bond acceptors (Lipinski definition) is 6. The van der Waals surface area contributed by atoms with Crippen LogP contribution in [0.3, 0.4) is 0 Å². The van der Waals surface area contributed by atoms with Crippen molar-refractivity contribution in [3.05, 3.63) is 53.9 Å². The zero-order valence-corrected chi connectivity index (χ0v) is 13.7. The molecule has 0 amide bonds. The number of para-hydroxylation sites is 1. The molecule has 0 aliphatic rings. The summed E-state index contributed by atoms with van der Waals surface area (Å²) in [5, 5.41) is 20.5. The van der Waals surface area contributed by atoms with E-state index >= 15 is 0 Å². The van der Waals surface area contributed by atoms with Crippen molar-refractivity contribution in [2.75, 3.05) is 11.8 Å². The molecule has 2 aromatic heterocycles. The molecule has 4 rings (SSSR count). The SMILES string of the molecule is CCOc1ccc(-c2cn3c(n2)sc2ccccc23)cc1N([O-])O. The van der Waals surface area contributed by atoms with E-state index in [1.165, 1.54) is 4.70 Å². The second kappa shape index (κ2) is 5.79. The average Bonchev–Trinajstić information content (AvgIpc) is 3.13. The molecule has 0 spiro atoms. The van der Waals surface area contributed by atoms with Gasteiger partial charge in [-0.2, -0.15) is 0 Å². The van der Waals surface area contributed by atoms with Crippen LogP contribution in [0.1, 0.15) is 6.92 Å². The number of aromatic nitrogens is 2. The first kappa shape index (κ1) is 14.9. The minimum Gasteiger partial charge on any atom is -0.733 e. The lowest BCUT2D eigenvalue weighted by atomic mass is 10.1. The molecule has 0 aliphatic carbocycles. The normalized spacial score (nSPS) is 11.3. The third kappa shape index (κ3) is 2.39. The van der Waals surface area contributed by atoms with Gasteiger partial charge in [-0.05, 0) is 37.3 Å². The van der Waals surface area contributed by atoms with Crippen molar-refractivity contribution >= 4 is 32.2 Å². The Hall–Kier alpha value is -2.61. The fourth-order valence-electron chi connectivity index (χ4n) is 2.69. The number of thiazole rings is 1. The molecule has 0 atom stereocenters. The molecule has 0 saturated heterocycles. The highest BCUT2D eigenvalue weighted by Crippen LogP contribution is 2.34. The lowest BCUT2D eigenvalue weighted by Crippen LogP contribution is -2.09. The van der Waals surface area contributed by atoms with Crippen molar-refractivity contribution < 1.29 is 9.94 Å². The Morgan fingerprint density at radius 1 is 1.29 bits per heavy atom. The third-order valence-electron chi connectivity index (χ3n) is 3.76. The van der Waals surface area contributed by atoms with E-state index in [0.29, 0.717) is 12.4 Å². The Morgan fingerprint density at radius 2 is 2.12 bits per heavy atom. The van der Waals surface area contributed by atoms with Crippen LogP contribution in [0, 0.1) is 5.21 Å². The number of rotatable bonds is 4. The van der Waals surface area contributed by atoms with Gasteiger partial charge < -0.3 is 15.2 Å². The summed E-state index contributed by atoms with van der Waals surface area (Å²) in [6.07, 6.45) is 1.93. The zero-order valence-electron chi connectivity index (χ0n) is 12.8. The summed E-state index contributed by atoms with van der Waals surface area (Å²) >= 11 is 1.60. The van der Waals surface area contributed by atoms with Crippen molar-refractivity contribution in [1.82, 2.24) is 9.38 Å². The third-order valence-corrected chi connectivity index (χ3v) is 4.80. The van der Waals surface area contributed by atoms with Gasteiger partial charge in [-0.15, -0.1) is 0 Å². The highest BCUT2D eigenvalue weighted by atomic mass is 32.1. The summed E-state index contributed by atoms with van der Waals surface area (Å²) < 4.78 is 8.56. The Labute approximate surface area is 141 Å². The number of benzene rings is 2. The van der Waals surface area contributed by atoms with Crippen molar-refractivity contribution in [1.29, 1.82) is 0 Å². The molecular formula is C17H14N3O3S-. The van der Waals surface area contributed by atoms with Gasteiger partial charge >= 0.3 is 0 Å². The molecule has 0 fully saturated rings. The average molecular weight is 340 g/mol. The van der Waals surface area contributed by atoms with Crippen LogP contribution in [-0.2, 0) is 0 Å². The molecule has 2 heterocycles. The molecule has 7 heteroatoms. The molecule has 4 aromatic rings. The number of hydrogen-bond donors (Lipinski definition) is 1. The van der Waals surface area contributed by atoms with Gasteiger partial charge in [0.25, 0.3) is 0 Å². The second-order valence-electron chi connectivity index (χ2n) is 5.24. The highest BCUT2D eigenvalue weighted by Gasteiger charge is 2.12. The van der Waals surface area contributed by atoms with Crippen LogP contribution in [0.4, 0.5) is 5.69 Å². The first-order valence-corrected chi connectivity index (χ1v) is 8.29. The number of fused-ring (bicyclic) bond motifs is 3. The predicted octanol–water partition coefficient (Wildman–Crippen LogP) is 4.31. The van der Waals surface area contributed by atoms with Gasteiger partial charge in [0.05, 0.1) is 28.2 Å². The van der Waals surface area contributed by atoms with Gasteiger partial charge in [-0.1, -0.05) is 23.5 Å². The summed E-state index contributed by atoms with van der Waals surface area (Å²) in [7, 11) is 0. The van der Waals surface area contributed by atoms with Crippen LogP contribution in [0.25, 0.3) is 26.4 Å². The van der Waals surface area contributed by atoms with E-state index in [4.69, 9.17) is 4.74 Å². The molecular weight excluding hydrogens is 326 g/mol. The summed E-state index contributed by atoms with van der Waals surface area (Å²) in [4.78, 5) is 5.51. The maximum absolute atomic E-state index is 11.4. The van der Waals surface area contributed by atoms with Crippen LogP contribution in [-0.4, -0.2) is 21.2 Å². The highest BCUT2D eigenvalue weighted by molar-refractivity contribution is 7.23. The maximum atomic E-state index is 11.4. The Bertz CT molecular complexity index is 1020. The van der Waals surface area contributed by atoms with E-state index < -0.39 is 0 Å². The summed E-state index contributed by atoms with van der Waals surface area (Å²) in [5.74, 6) is 0.338. The predicted molar refractivity (Wildman–Crippen MR) is 94.8 cm³/mol. The fourth-order valence-corrected chi connectivity index (χ4v) is 3.70. The van der Waals surface area contributed by atoms with Crippen molar-refractivity contribution in [3.8, 4) is 17.0 Å². The molecule has 0 saturated carbocycles. The lowest BCUT2D eigenvalue weighted by molar-refractivity contribution is 0.284. The molecule has 2 aromatic carbocycles. The van der Waals surface area contributed by atoms with Crippen molar-refractivity contribution in [3.63, 3.8) is 0 Å². The molecule has 0 unspecified atom stereocenters. The summed E-state index contributed by atoms with van der Waals surface area (Å²) in [6, 6.07) is 13.2. The lowest BCUT2D eigenvalue weighted by Gasteiger charge is -2.24. The molecule has 0 aliphatic heterocycles. The first-order valence-electron chi connectivity index (χ1n) is 7.47. The minimum atomic E-state index is -0.178. The van der Waals surface area contributed by atoms with E-state index in [-0.39, 0.29) is 10.9 Å². The Kier molecular flexibility index (Phi) is 3.61. The van der Waals surface area contributed by atoms with Crippen molar-refractivity contribution in [2.24, 2.45) is 0 Å². The quantitative estimate of drug-likeness (QED) is 0.561. The molecule has 0 radical (unpaired) electrons. The fraction of sp³-hybridized carbons (Fsp3) is 0.118. The van der Waals surface area contributed by atoms with Crippen LogP contribution in [0.2, 0.25) is 0 Å². The number of ether oxygens (including phenoxy) is 1. The van der Waals surface area contributed by atoms with Crippen LogP contribution in [0.15, 0.2) is 48.7 Å². The van der Waals surface area contributed by atoms with E-state index in [0.717, 1.165) is 21.7 Å². The van der Waals surface area contributed by atoms with Gasteiger partial charge in [-0.3, -0.25) is 9.61 Å². The second-order valence-corrected chi connectivity index (χ2v) is 6.25. The van der Waals surface area contributed by atoms with Crippen LogP contribution < -0.4 is 9.96 Å². The first-order chi connectivity index (χ1) is 11.7. The molecule has 0 bridgehead atoms. The number of anilines is 1. The zero-order chi connectivity index (χ0) is 16.7. The molecule has 6 nitrogen and oxygen atoms in total. The van der Waals surface area contributed by atoms with E-state index in [1.807, 2.05) is 41.8 Å². The van der Waals surface area contributed by atoms with Gasteiger partial charge in [0.15, 0.2) is 4.96 Å². The molecule has 24 heavy (non-hydrogen) atoms. The standard InChI is InChI=1S/C17H14N3O3S/c1-2-23-15-8-7-11(9-14(15)20(21)22)12-10-19-13-5-3-4-6-16(13)24-17(19)18-12/h3-10,21H,2H2,1H3/q-1. The Balaban J connectivity index is 1.83. The van der Waals surface area contributed by atoms with Crippen LogP contribution >= 0.6 is 11.3 Å². The molecule has 1 N–H and O–H groups in total. The monoisotopic (exact) mass is 340 g/mol. The van der Waals surface area contributed by atoms with Gasteiger partial charge in [-0.25, -0.2) is 4.98 Å². The van der Waals surface area contributed by atoms with E-state index in [9.17, 15) is 10.4 Å². The maximum Gasteiger partial charge on any atom is 0.195 e. The van der Waals surface area contributed by atoms with E-state index in [2.05, 4.69) is 11.1 Å². The topological polar surface area (TPSA) is 73.1 Å². The number of imidazole rings is 1. The number of nitrogens with zero attached hydrogens (tertiary/aromatic N) is 3. The Morgan fingerprint density at radius 3 is 2.92 bits per heavy atom. The van der Waals surface area contributed by atoms with Crippen molar-refractivity contribution in [2.45, 2.75) is 6.92 Å². The van der Waals surface area contributed by atoms with E-state index in [1.54, 1.807) is 23.5 Å². The molecule has 122 valence electrons. The van der Waals surface area contributed by atoms with Gasteiger partial charge in [0, 0.05) is 11.8 Å².